The first kappa shape index (κ1) is 21.4. The second-order valence-corrected chi connectivity index (χ2v) is 8.08. The first-order valence-corrected chi connectivity index (χ1v) is 11.2. The molecule has 1 saturated carbocycles. The number of para-hydroxylation sites is 2. The fraction of sp³-hybridized carbons (Fsp3) is 0.214. The Balaban J connectivity index is 1.56. The number of nitriles is 1. The molecule has 0 atom stereocenters. The van der Waals surface area contributed by atoms with Crippen LogP contribution in [0.2, 0.25) is 0 Å². The average Bonchev–Trinajstić information content (AvgIpc) is 2.85. The van der Waals surface area contributed by atoms with Gasteiger partial charge in [-0.05, 0) is 60.9 Å². The fourth-order valence-electron chi connectivity index (χ4n) is 4.15. The van der Waals surface area contributed by atoms with Gasteiger partial charge in [0.25, 0.3) is 5.91 Å². The van der Waals surface area contributed by atoms with Crippen molar-refractivity contribution in [1.82, 2.24) is 5.32 Å². The van der Waals surface area contributed by atoms with E-state index in [0.717, 1.165) is 48.3 Å². The number of benzene rings is 3. The third-order valence-electron chi connectivity index (χ3n) is 5.80. The summed E-state index contributed by atoms with van der Waals surface area (Å²) in [6.45, 7) is 0. The summed E-state index contributed by atoms with van der Waals surface area (Å²) in [5.41, 5.74) is 4.10. The van der Waals surface area contributed by atoms with Crippen LogP contribution >= 0.6 is 0 Å². The first-order chi connectivity index (χ1) is 15.7. The maximum atomic E-state index is 12.6. The highest BCUT2D eigenvalue weighted by atomic mass is 16.1. The minimum absolute atomic E-state index is 0.145. The summed E-state index contributed by atoms with van der Waals surface area (Å²) in [4.78, 5) is 14.8. The number of rotatable bonds is 6. The normalized spacial score (nSPS) is 14.4. The maximum Gasteiger partial charge on any atom is 0.262 e. The molecule has 1 N–H and O–H groups in total. The van der Waals surface area contributed by atoms with Gasteiger partial charge in [0.15, 0.2) is 0 Å². The molecule has 4 rings (SSSR count). The lowest BCUT2D eigenvalue weighted by atomic mass is 9.95. The standard InChI is InChI=1S/C28H27N3O/c29-21-23(28(32)30-24-10-4-1-5-11-24)20-22-16-18-27(19-17-22)31(25-12-6-2-7-13-25)26-14-8-3-9-15-26/h2-3,6-9,12-20,24H,1,4-5,10-11H2,(H,30,32). The molecule has 0 heterocycles. The lowest BCUT2D eigenvalue weighted by Crippen LogP contribution is -2.36. The molecule has 160 valence electrons. The van der Waals surface area contributed by atoms with Crippen molar-refractivity contribution in [3.63, 3.8) is 0 Å². The zero-order valence-electron chi connectivity index (χ0n) is 18.1. The number of hydrogen-bond donors (Lipinski definition) is 1. The van der Waals surface area contributed by atoms with Gasteiger partial charge in [-0.3, -0.25) is 4.79 Å². The van der Waals surface area contributed by atoms with E-state index in [1.165, 1.54) is 6.42 Å². The van der Waals surface area contributed by atoms with Gasteiger partial charge in [0.1, 0.15) is 11.6 Å². The predicted octanol–water partition coefficient (Wildman–Crippen LogP) is 6.51. The molecule has 1 aliphatic carbocycles. The van der Waals surface area contributed by atoms with Crippen LogP contribution in [-0.4, -0.2) is 11.9 Å². The van der Waals surface area contributed by atoms with Crippen molar-refractivity contribution in [2.24, 2.45) is 0 Å². The van der Waals surface area contributed by atoms with E-state index >= 15 is 0 Å². The molecular formula is C28H27N3O. The van der Waals surface area contributed by atoms with Crippen molar-refractivity contribution in [2.45, 2.75) is 38.1 Å². The topological polar surface area (TPSA) is 56.1 Å². The van der Waals surface area contributed by atoms with E-state index in [1.54, 1.807) is 6.08 Å². The molecule has 0 spiro atoms. The van der Waals surface area contributed by atoms with Gasteiger partial charge in [0.2, 0.25) is 0 Å². The van der Waals surface area contributed by atoms with Gasteiger partial charge in [-0.1, -0.05) is 67.8 Å². The van der Waals surface area contributed by atoms with E-state index in [1.807, 2.05) is 60.7 Å². The van der Waals surface area contributed by atoms with Gasteiger partial charge >= 0.3 is 0 Å². The van der Waals surface area contributed by atoms with Crippen molar-refractivity contribution < 1.29 is 4.79 Å². The van der Waals surface area contributed by atoms with Gasteiger partial charge in [0.05, 0.1) is 0 Å². The van der Waals surface area contributed by atoms with Crippen molar-refractivity contribution >= 4 is 29.0 Å². The Morgan fingerprint density at radius 3 is 1.88 bits per heavy atom. The Hall–Kier alpha value is -3.84. The lowest BCUT2D eigenvalue weighted by Gasteiger charge is -2.25. The monoisotopic (exact) mass is 421 g/mol. The minimum Gasteiger partial charge on any atom is -0.349 e. The zero-order chi connectivity index (χ0) is 22.2. The van der Waals surface area contributed by atoms with E-state index in [-0.39, 0.29) is 17.5 Å². The van der Waals surface area contributed by atoms with E-state index in [2.05, 4.69) is 40.6 Å². The van der Waals surface area contributed by atoms with Crippen molar-refractivity contribution in [1.29, 1.82) is 5.26 Å². The van der Waals surface area contributed by atoms with E-state index < -0.39 is 0 Å². The molecule has 0 aliphatic heterocycles. The van der Waals surface area contributed by atoms with Crippen LogP contribution in [0.25, 0.3) is 6.08 Å². The van der Waals surface area contributed by atoms with E-state index in [4.69, 9.17) is 0 Å². The number of carbonyl (C=O) groups excluding carboxylic acids is 1. The second kappa shape index (κ2) is 10.5. The van der Waals surface area contributed by atoms with Crippen LogP contribution in [0.3, 0.4) is 0 Å². The average molecular weight is 422 g/mol. The number of nitrogens with one attached hydrogen (secondary N) is 1. The Bertz CT molecular complexity index is 1050. The quantitative estimate of drug-likeness (QED) is 0.364. The highest BCUT2D eigenvalue weighted by Crippen LogP contribution is 2.34. The summed E-state index contributed by atoms with van der Waals surface area (Å²) in [5.74, 6) is -0.279. The number of nitrogens with zero attached hydrogens (tertiary/aromatic N) is 2. The van der Waals surface area contributed by atoms with Crippen LogP contribution in [0.1, 0.15) is 37.7 Å². The van der Waals surface area contributed by atoms with E-state index in [0.29, 0.717) is 0 Å². The Labute approximate surface area is 189 Å². The molecule has 0 radical (unpaired) electrons. The fourth-order valence-corrected chi connectivity index (χ4v) is 4.15. The van der Waals surface area contributed by atoms with Crippen molar-refractivity contribution in [3.05, 3.63) is 96.1 Å². The molecule has 1 aliphatic rings. The number of carbonyl (C=O) groups is 1. The van der Waals surface area contributed by atoms with Crippen LogP contribution in [0.5, 0.6) is 0 Å². The zero-order valence-corrected chi connectivity index (χ0v) is 18.1. The highest BCUT2D eigenvalue weighted by Gasteiger charge is 2.18. The van der Waals surface area contributed by atoms with Gasteiger partial charge in [-0.15, -0.1) is 0 Å². The summed E-state index contributed by atoms with van der Waals surface area (Å²) in [6, 6.07) is 30.5. The smallest absolute Gasteiger partial charge is 0.262 e. The van der Waals surface area contributed by atoms with Gasteiger partial charge < -0.3 is 10.2 Å². The van der Waals surface area contributed by atoms with Crippen LogP contribution < -0.4 is 10.2 Å². The molecule has 4 heteroatoms. The third kappa shape index (κ3) is 5.25. The van der Waals surface area contributed by atoms with Crippen molar-refractivity contribution in [2.75, 3.05) is 4.90 Å². The summed E-state index contributed by atoms with van der Waals surface area (Å²) < 4.78 is 0. The van der Waals surface area contributed by atoms with E-state index in [9.17, 15) is 10.1 Å². The van der Waals surface area contributed by atoms with Gasteiger partial charge in [0, 0.05) is 23.1 Å². The Kier molecular flexibility index (Phi) is 6.99. The molecular weight excluding hydrogens is 394 g/mol. The number of hydrogen-bond acceptors (Lipinski definition) is 3. The second-order valence-electron chi connectivity index (χ2n) is 8.08. The highest BCUT2D eigenvalue weighted by molar-refractivity contribution is 6.01. The molecule has 1 fully saturated rings. The molecule has 3 aromatic carbocycles. The molecule has 0 saturated heterocycles. The summed E-state index contributed by atoms with van der Waals surface area (Å²) in [6.07, 6.45) is 7.15. The molecule has 0 bridgehead atoms. The number of amides is 1. The molecule has 32 heavy (non-hydrogen) atoms. The van der Waals surface area contributed by atoms with Crippen LogP contribution in [0.4, 0.5) is 17.1 Å². The molecule has 0 unspecified atom stereocenters. The van der Waals surface area contributed by atoms with Crippen LogP contribution in [0.15, 0.2) is 90.5 Å². The Morgan fingerprint density at radius 1 is 0.812 bits per heavy atom. The third-order valence-corrected chi connectivity index (χ3v) is 5.80. The van der Waals surface area contributed by atoms with Gasteiger partial charge in [-0.25, -0.2) is 0 Å². The predicted molar refractivity (Wildman–Crippen MR) is 130 cm³/mol. The number of anilines is 3. The summed E-state index contributed by atoms with van der Waals surface area (Å²) >= 11 is 0. The molecule has 1 amide bonds. The van der Waals surface area contributed by atoms with Crippen LogP contribution in [-0.2, 0) is 4.79 Å². The maximum absolute atomic E-state index is 12.6. The van der Waals surface area contributed by atoms with Crippen LogP contribution in [0, 0.1) is 11.3 Å². The SMILES string of the molecule is N#CC(=Cc1ccc(N(c2ccccc2)c2ccccc2)cc1)C(=O)NC1CCCCC1. The molecule has 3 aromatic rings. The summed E-state index contributed by atoms with van der Waals surface area (Å²) in [7, 11) is 0. The first-order valence-electron chi connectivity index (χ1n) is 11.2. The van der Waals surface area contributed by atoms with Crippen molar-refractivity contribution in [3.8, 4) is 6.07 Å². The Morgan fingerprint density at radius 2 is 1.34 bits per heavy atom. The van der Waals surface area contributed by atoms with Gasteiger partial charge in [-0.2, -0.15) is 5.26 Å². The largest absolute Gasteiger partial charge is 0.349 e. The minimum atomic E-state index is -0.279. The summed E-state index contributed by atoms with van der Waals surface area (Å²) in [5, 5.41) is 12.6. The molecule has 4 nitrogen and oxygen atoms in total. The molecule has 0 aromatic heterocycles. The lowest BCUT2D eigenvalue weighted by molar-refractivity contribution is -0.117.